The Bertz CT molecular complexity index is 693. The lowest BCUT2D eigenvalue weighted by molar-refractivity contribution is 0.394. The zero-order chi connectivity index (χ0) is 13.5. The molecular weight excluding hydrogens is 318 g/mol. The van der Waals surface area contributed by atoms with Gasteiger partial charge in [0.25, 0.3) is 0 Å². The fraction of sp³-hybridized carbons (Fsp3) is 0.417. The molecule has 110 valence electrons. The van der Waals surface area contributed by atoms with Gasteiger partial charge >= 0.3 is 0 Å². The molecule has 0 aliphatic carbocycles. The second-order valence-corrected chi connectivity index (χ2v) is 7.43. The van der Waals surface area contributed by atoms with Crippen molar-refractivity contribution < 1.29 is 8.42 Å². The Kier molecular flexibility index (Phi) is 4.53. The third kappa shape index (κ3) is 2.63. The number of fused-ring (bicyclic) bond motifs is 1. The van der Waals surface area contributed by atoms with Crippen molar-refractivity contribution in [3.05, 3.63) is 34.3 Å². The molecule has 0 saturated carbocycles. The molecule has 3 heterocycles. The van der Waals surface area contributed by atoms with Gasteiger partial charge in [0, 0.05) is 30.7 Å². The molecule has 0 fully saturated rings. The van der Waals surface area contributed by atoms with E-state index in [1.807, 2.05) is 18.4 Å². The summed E-state index contributed by atoms with van der Waals surface area (Å²) in [6.07, 6.45) is 3.83. The molecule has 0 bridgehead atoms. The SMILES string of the molecule is CCn1cc(S(=O)(=O)N2CCc3sccc3C2)cn1.Cl. The zero-order valence-electron chi connectivity index (χ0n) is 11.0. The van der Waals surface area contributed by atoms with Gasteiger partial charge < -0.3 is 0 Å². The molecule has 3 rings (SSSR count). The minimum absolute atomic E-state index is 0. The number of nitrogens with zero attached hydrogens (tertiary/aromatic N) is 3. The first-order valence-corrected chi connectivity index (χ1v) is 8.51. The topological polar surface area (TPSA) is 55.2 Å². The van der Waals surface area contributed by atoms with Crippen LogP contribution in [-0.2, 0) is 29.5 Å². The molecule has 1 aliphatic heterocycles. The highest BCUT2D eigenvalue weighted by molar-refractivity contribution is 7.89. The van der Waals surface area contributed by atoms with Crippen LogP contribution in [-0.4, -0.2) is 29.0 Å². The fourth-order valence-corrected chi connectivity index (χ4v) is 4.49. The van der Waals surface area contributed by atoms with E-state index in [-0.39, 0.29) is 17.3 Å². The van der Waals surface area contributed by atoms with E-state index in [1.165, 1.54) is 11.1 Å². The summed E-state index contributed by atoms with van der Waals surface area (Å²) in [5.41, 5.74) is 1.13. The van der Waals surface area contributed by atoms with Gasteiger partial charge in [-0.15, -0.1) is 23.7 Å². The van der Waals surface area contributed by atoms with Crippen molar-refractivity contribution in [3.8, 4) is 0 Å². The molecule has 1 aliphatic rings. The van der Waals surface area contributed by atoms with Gasteiger partial charge in [0.15, 0.2) is 0 Å². The summed E-state index contributed by atoms with van der Waals surface area (Å²) in [4.78, 5) is 1.59. The predicted molar refractivity (Wildman–Crippen MR) is 80.8 cm³/mol. The summed E-state index contributed by atoms with van der Waals surface area (Å²) in [5, 5.41) is 6.07. The van der Waals surface area contributed by atoms with Crippen LogP contribution in [0.5, 0.6) is 0 Å². The van der Waals surface area contributed by atoms with Crippen molar-refractivity contribution in [1.82, 2.24) is 14.1 Å². The summed E-state index contributed by atoms with van der Waals surface area (Å²) in [6.45, 7) is 3.62. The van der Waals surface area contributed by atoms with Crippen LogP contribution >= 0.6 is 23.7 Å². The average Bonchev–Trinajstić information content (AvgIpc) is 3.06. The number of hydrogen-bond acceptors (Lipinski definition) is 4. The Morgan fingerprint density at radius 3 is 2.95 bits per heavy atom. The monoisotopic (exact) mass is 333 g/mol. The van der Waals surface area contributed by atoms with Crippen LogP contribution in [0.25, 0.3) is 0 Å². The van der Waals surface area contributed by atoms with Crippen LogP contribution < -0.4 is 0 Å². The summed E-state index contributed by atoms with van der Waals surface area (Å²) in [7, 11) is -3.42. The smallest absolute Gasteiger partial charge is 0.246 e. The standard InChI is InChI=1S/C12H15N3O2S2.ClH/c1-2-14-9-11(7-13-14)19(16,17)15-5-3-12-10(8-15)4-6-18-12;/h4,6-7,9H,2-3,5,8H2,1H3;1H. The molecule has 0 saturated heterocycles. The van der Waals surface area contributed by atoms with E-state index in [4.69, 9.17) is 0 Å². The van der Waals surface area contributed by atoms with Crippen LogP contribution in [0.3, 0.4) is 0 Å². The average molecular weight is 334 g/mol. The molecule has 0 unspecified atom stereocenters. The van der Waals surface area contributed by atoms with Crippen LogP contribution in [0, 0.1) is 0 Å². The summed E-state index contributed by atoms with van der Waals surface area (Å²) < 4.78 is 28.2. The minimum atomic E-state index is -3.42. The number of rotatable bonds is 3. The van der Waals surface area contributed by atoms with Crippen molar-refractivity contribution in [3.63, 3.8) is 0 Å². The number of sulfonamides is 1. The number of hydrogen-bond donors (Lipinski definition) is 0. The summed E-state index contributed by atoms with van der Waals surface area (Å²) in [5.74, 6) is 0. The summed E-state index contributed by atoms with van der Waals surface area (Å²) in [6, 6.07) is 2.01. The maximum absolute atomic E-state index is 12.5. The van der Waals surface area contributed by atoms with Crippen molar-refractivity contribution in [2.24, 2.45) is 0 Å². The molecule has 5 nitrogen and oxygen atoms in total. The molecule has 2 aromatic heterocycles. The molecule has 0 radical (unpaired) electrons. The zero-order valence-corrected chi connectivity index (χ0v) is 13.5. The first-order valence-electron chi connectivity index (χ1n) is 6.19. The Hall–Kier alpha value is -0.890. The number of thiophene rings is 1. The Balaban J connectivity index is 0.00000147. The maximum atomic E-state index is 12.5. The first kappa shape index (κ1) is 15.5. The van der Waals surface area contributed by atoms with E-state index in [2.05, 4.69) is 5.10 Å². The molecule has 2 aromatic rings. The highest BCUT2D eigenvalue weighted by Gasteiger charge is 2.29. The third-order valence-corrected chi connectivity index (χ3v) is 6.17. The molecule has 0 N–H and O–H groups in total. The summed E-state index contributed by atoms with van der Waals surface area (Å²) >= 11 is 1.70. The van der Waals surface area contributed by atoms with Crippen molar-refractivity contribution in [2.45, 2.75) is 31.3 Å². The molecular formula is C12H16ClN3O2S2. The number of aromatic nitrogens is 2. The van der Waals surface area contributed by atoms with Crippen molar-refractivity contribution in [1.29, 1.82) is 0 Å². The van der Waals surface area contributed by atoms with Gasteiger partial charge in [0.05, 0.1) is 6.20 Å². The maximum Gasteiger partial charge on any atom is 0.246 e. The molecule has 20 heavy (non-hydrogen) atoms. The normalized spacial score (nSPS) is 15.7. The van der Waals surface area contributed by atoms with Gasteiger partial charge in [-0.2, -0.15) is 9.40 Å². The number of aryl methyl sites for hydroxylation is 1. The van der Waals surface area contributed by atoms with Gasteiger partial charge in [0.1, 0.15) is 4.90 Å². The highest BCUT2D eigenvalue weighted by atomic mass is 35.5. The minimum Gasteiger partial charge on any atom is -0.272 e. The van der Waals surface area contributed by atoms with Gasteiger partial charge in [-0.1, -0.05) is 0 Å². The Morgan fingerprint density at radius 1 is 1.45 bits per heavy atom. The Labute approximate surface area is 128 Å². The van der Waals surface area contributed by atoms with Gasteiger partial charge in [-0.05, 0) is 30.4 Å². The van der Waals surface area contributed by atoms with Crippen molar-refractivity contribution >= 4 is 33.8 Å². The lowest BCUT2D eigenvalue weighted by Crippen LogP contribution is -2.35. The van der Waals surface area contributed by atoms with Crippen molar-refractivity contribution in [2.75, 3.05) is 6.54 Å². The van der Waals surface area contributed by atoms with Crippen LogP contribution in [0.2, 0.25) is 0 Å². The van der Waals surface area contributed by atoms with Crippen LogP contribution in [0.4, 0.5) is 0 Å². The molecule has 0 spiro atoms. The van der Waals surface area contributed by atoms with Gasteiger partial charge in [-0.25, -0.2) is 8.42 Å². The first-order chi connectivity index (χ1) is 9.11. The third-order valence-electron chi connectivity index (χ3n) is 3.34. The second kappa shape index (κ2) is 5.85. The molecule has 8 heteroatoms. The van der Waals surface area contributed by atoms with E-state index >= 15 is 0 Å². The van der Waals surface area contributed by atoms with Crippen LogP contribution in [0.1, 0.15) is 17.4 Å². The quantitative estimate of drug-likeness (QED) is 0.864. The molecule has 0 aromatic carbocycles. The van der Waals surface area contributed by atoms with Gasteiger partial charge in [-0.3, -0.25) is 4.68 Å². The largest absolute Gasteiger partial charge is 0.272 e. The molecule has 0 atom stereocenters. The van der Waals surface area contributed by atoms with E-state index in [1.54, 1.807) is 26.5 Å². The lowest BCUT2D eigenvalue weighted by Gasteiger charge is -2.25. The highest BCUT2D eigenvalue weighted by Crippen LogP contribution is 2.27. The lowest BCUT2D eigenvalue weighted by atomic mass is 10.1. The Morgan fingerprint density at radius 2 is 2.25 bits per heavy atom. The second-order valence-electron chi connectivity index (χ2n) is 4.49. The van der Waals surface area contributed by atoms with E-state index < -0.39 is 10.0 Å². The van der Waals surface area contributed by atoms with E-state index in [0.717, 1.165) is 12.0 Å². The molecule has 0 amide bonds. The predicted octanol–water partition coefficient (Wildman–Crippen LogP) is 2.13. The van der Waals surface area contributed by atoms with Gasteiger partial charge in [0.2, 0.25) is 10.0 Å². The number of halogens is 1. The van der Waals surface area contributed by atoms with Crippen LogP contribution in [0.15, 0.2) is 28.7 Å². The fourth-order valence-electron chi connectivity index (χ4n) is 2.23. The van der Waals surface area contributed by atoms with E-state index in [0.29, 0.717) is 19.6 Å². The van der Waals surface area contributed by atoms with E-state index in [9.17, 15) is 8.42 Å².